The zero-order valence-corrected chi connectivity index (χ0v) is 10.9. The Labute approximate surface area is 102 Å². The van der Waals surface area contributed by atoms with Crippen LogP contribution in [-0.4, -0.2) is 38.1 Å². The summed E-state index contributed by atoms with van der Waals surface area (Å²) in [5, 5.41) is 5.96. The van der Waals surface area contributed by atoms with E-state index in [0.717, 1.165) is 6.54 Å². The first-order chi connectivity index (χ1) is 7.97. The number of amides is 1. The zero-order chi connectivity index (χ0) is 13.0. The van der Waals surface area contributed by atoms with E-state index in [1.807, 2.05) is 20.8 Å². The van der Waals surface area contributed by atoms with E-state index in [1.165, 1.54) is 7.11 Å². The lowest BCUT2D eigenvalue weighted by atomic mass is 9.96. The molecule has 5 nitrogen and oxygen atoms in total. The van der Waals surface area contributed by atoms with Gasteiger partial charge in [0, 0.05) is 6.54 Å². The van der Waals surface area contributed by atoms with Gasteiger partial charge in [0.25, 0.3) is 0 Å². The van der Waals surface area contributed by atoms with E-state index < -0.39 is 6.04 Å². The van der Waals surface area contributed by atoms with Crippen molar-refractivity contribution in [2.24, 2.45) is 17.8 Å². The van der Waals surface area contributed by atoms with E-state index in [2.05, 4.69) is 10.6 Å². The van der Waals surface area contributed by atoms with Crippen molar-refractivity contribution < 1.29 is 14.3 Å². The van der Waals surface area contributed by atoms with Gasteiger partial charge in [-0.1, -0.05) is 20.8 Å². The number of nitrogens with one attached hydrogen (secondary N) is 2. The predicted octanol–water partition coefficient (Wildman–Crippen LogP) is 0.156. The molecule has 1 heterocycles. The van der Waals surface area contributed by atoms with Gasteiger partial charge in [-0.05, 0) is 18.4 Å². The number of esters is 1. The van der Waals surface area contributed by atoms with Crippen LogP contribution in [0.4, 0.5) is 0 Å². The first-order valence-corrected chi connectivity index (χ1v) is 6.06. The molecule has 0 saturated carbocycles. The molecule has 17 heavy (non-hydrogen) atoms. The summed E-state index contributed by atoms with van der Waals surface area (Å²) in [6, 6.07) is -0.555. The molecule has 0 aromatic carbocycles. The Morgan fingerprint density at radius 3 is 2.41 bits per heavy atom. The lowest BCUT2D eigenvalue weighted by molar-refractivity contribution is -0.147. The van der Waals surface area contributed by atoms with E-state index in [4.69, 9.17) is 4.74 Å². The maximum Gasteiger partial charge on any atom is 0.328 e. The first kappa shape index (κ1) is 14.0. The summed E-state index contributed by atoms with van der Waals surface area (Å²) in [4.78, 5) is 23.6. The number of hydrogen-bond donors (Lipinski definition) is 2. The van der Waals surface area contributed by atoms with Crippen LogP contribution in [0.15, 0.2) is 0 Å². The number of hydrogen-bond acceptors (Lipinski definition) is 4. The highest BCUT2D eigenvalue weighted by molar-refractivity contribution is 5.86. The van der Waals surface area contributed by atoms with Crippen molar-refractivity contribution in [3.63, 3.8) is 0 Å². The van der Waals surface area contributed by atoms with Crippen LogP contribution in [0.1, 0.15) is 20.8 Å². The molecule has 98 valence electrons. The molecule has 3 atom stereocenters. The third-order valence-electron chi connectivity index (χ3n) is 3.27. The summed E-state index contributed by atoms with van der Waals surface area (Å²) >= 11 is 0. The molecule has 5 heteroatoms. The fraction of sp³-hybridized carbons (Fsp3) is 0.833. The van der Waals surface area contributed by atoms with Gasteiger partial charge in [0.1, 0.15) is 6.04 Å². The average molecular weight is 242 g/mol. The predicted molar refractivity (Wildman–Crippen MR) is 64.3 cm³/mol. The second kappa shape index (κ2) is 6.00. The standard InChI is InChI=1S/C12H22N2O3/c1-7(2)10(12(16)17-4)14-11(15)9-6-13-5-8(9)3/h7-10,13H,5-6H2,1-4H3,(H,14,15)/t8-,9-,10+/m1/s1. The topological polar surface area (TPSA) is 67.4 Å². The Morgan fingerprint density at radius 1 is 1.35 bits per heavy atom. The maximum atomic E-state index is 12.0. The molecule has 0 unspecified atom stereocenters. The summed E-state index contributed by atoms with van der Waals surface area (Å²) in [5.41, 5.74) is 0. The van der Waals surface area contributed by atoms with Gasteiger partial charge < -0.3 is 15.4 Å². The Balaban J connectivity index is 2.61. The average Bonchev–Trinajstić information content (AvgIpc) is 2.70. The third-order valence-corrected chi connectivity index (χ3v) is 3.27. The molecule has 0 aromatic rings. The number of methoxy groups -OCH3 is 1. The van der Waals surface area contributed by atoms with E-state index in [-0.39, 0.29) is 23.7 Å². The second-order valence-electron chi connectivity index (χ2n) is 5.00. The minimum Gasteiger partial charge on any atom is -0.467 e. The molecule has 0 radical (unpaired) electrons. The summed E-state index contributed by atoms with van der Waals surface area (Å²) in [6.45, 7) is 7.34. The lowest BCUT2D eigenvalue weighted by Crippen LogP contribution is -2.48. The first-order valence-electron chi connectivity index (χ1n) is 6.06. The normalized spacial score (nSPS) is 25.7. The van der Waals surface area contributed by atoms with Gasteiger partial charge in [0.2, 0.25) is 5.91 Å². The second-order valence-corrected chi connectivity index (χ2v) is 5.00. The van der Waals surface area contributed by atoms with Crippen molar-refractivity contribution in [2.45, 2.75) is 26.8 Å². The molecule has 0 aromatic heterocycles. The Hall–Kier alpha value is -1.10. The molecule has 0 bridgehead atoms. The van der Waals surface area contributed by atoms with Gasteiger partial charge >= 0.3 is 5.97 Å². The number of rotatable bonds is 4. The van der Waals surface area contributed by atoms with Crippen molar-refractivity contribution >= 4 is 11.9 Å². The number of carbonyl (C=O) groups is 2. The van der Waals surface area contributed by atoms with Gasteiger partial charge in [-0.15, -0.1) is 0 Å². The Morgan fingerprint density at radius 2 is 2.00 bits per heavy atom. The van der Waals surface area contributed by atoms with Crippen LogP contribution in [0, 0.1) is 17.8 Å². The molecule has 1 aliphatic rings. The highest BCUT2D eigenvalue weighted by atomic mass is 16.5. The van der Waals surface area contributed by atoms with Crippen LogP contribution < -0.4 is 10.6 Å². The minimum atomic E-state index is -0.555. The fourth-order valence-corrected chi connectivity index (χ4v) is 2.05. The molecule has 0 aliphatic carbocycles. The van der Waals surface area contributed by atoms with Crippen molar-refractivity contribution in [2.75, 3.05) is 20.2 Å². The monoisotopic (exact) mass is 242 g/mol. The summed E-state index contributed by atoms with van der Waals surface area (Å²) in [6.07, 6.45) is 0. The van der Waals surface area contributed by atoms with Crippen LogP contribution in [-0.2, 0) is 14.3 Å². The zero-order valence-electron chi connectivity index (χ0n) is 10.9. The highest BCUT2D eigenvalue weighted by Gasteiger charge is 2.33. The Kier molecular flexibility index (Phi) is 4.93. The van der Waals surface area contributed by atoms with Gasteiger partial charge in [-0.3, -0.25) is 4.79 Å². The SMILES string of the molecule is COC(=O)[C@@H](NC(=O)[C@@H]1CNC[C@H]1C)C(C)C. The summed E-state index contributed by atoms with van der Waals surface area (Å²) in [5.74, 6) is -0.170. The minimum absolute atomic E-state index is 0.0241. The van der Waals surface area contributed by atoms with E-state index in [0.29, 0.717) is 12.5 Å². The van der Waals surface area contributed by atoms with Crippen molar-refractivity contribution in [3.05, 3.63) is 0 Å². The molecule has 0 spiro atoms. The van der Waals surface area contributed by atoms with Gasteiger partial charge in [0.05, 0.1) is 13.0 Å². The molecule has 1 rings (SSSR count). The van der Waals surface area contributed by atoms with Gasteiger partial charge in [-0.25, -0.2) is 4.79 Å². The molecule has 1 saturated heterocycles. The third kappa shape index (κ3) is 3.43. The molecular weight excluding hydrogens is 220 g/mol. The van der Waals surface area contributed by atoms with E-state index in [9.17, 15) is 9.59 Å². The van der Waals surface area contributed by atoms with Crippen molar-refractivity contribution in [1.82, 2.24) is 10.6 Å². The summed E-state index contributed by atoms with van der Waals surface area (Å²) < 4.78 is 4.69. The fourth-order valence-electron chi connectivity index (χ4n) is 2.05. The highest BCUT2D eigenvalue weighted by Crippen LogP contribution is 2.16. The molecule has 1 aliphatic heterocycles. The lowest BCUT2D eigenvalue weighted by Gasteiger charge is -2.22. The molecular formula is C12H22N2O3. The number of carbonyl (C=O) groups excluding carboxylic acids is 2. The van der Waals surface area contributed by atoms with E-state index in [1.54, 1.807) is 0 Å². The molecule has 1 fully saturated rings. The van der Waals surface area contributed by atoms with Crippen LogP contribution in [0.5, 0.6) is 0 Å². The molecule has 2 N–H and O–H groups in total. The summed E-state index contributed by atoms with van der Waals surface area (Å²) in [7, 11) is 1.34. The largest absolute Gasteiger partial charge is 0.467 e. The van der Waals surface area contributed by atoms with Crippen LogP contribution in [0.2, 0.25) is 0 Å². The maximum absolute atomic E-state index is 12.0. The van der Waals surface area contributed by atoms with E-state index >= 15 is 0 Å². The van der Waals surface area contributed by atoms with Crippen LogP contribution in [0.25, 0.3) is 0 Å². The van der Waals surface area contributed by atoms with Crippen LogP contribution in [0.3, 0.4) is 0 Å². The van der Waals surface area contributed by atoms with Gasteiger partial charge in [-0.2, -0.15) is 0 Å². The molecule has 1 amide bonds. The van der Waals surface area contributed by atoms with Crippen LogP contribution >= 0.6 is 0 Å². The van der Waals surface area contributed by atoms with Gasteiger partial charge in [0.15, 0.2) is 0 Å². The smallest absolute Gasteiger partial charge is 0.328 e. The van der Waals surface area contributed by atoms with Crippen molar-refractivity contribution in [1.29, 1.82) is 0 Å². The van der Waals surface area contributed by atoms with Crippen molar-refractivity contribution in [3.8, 4) is 0 Å². The Bertz CT molecular complexity index is 291. The quantitative estimate of drug-likeness (QED) is 0.689. The number of ether oxygens (including phenoxy) is 1.